The number of nitrogens with zero attached hydrogens (tertiary/aromatic N) is 1. The van der Waals surface area contributed by atoms with Crippen molar-refractivity contribution in [3.05, 3.63) is 94.0 Å². The zero-order valence-corrected chi connectivity index (χ0v) is 19.0. The Labute approximate surface area is 193 Å². The first-order chi connectivity index (χ1) is 15.5. The number of benzene rings is 3. The second-order valence-electron chi connectivity index (χ2n) is 7.12. The van der Waals surface area contributed by atoms with E-state index < -0.39 is 17.7 Å². The van der Waals surface area contributed by atoms with Crippen molar-refractivity contribution in [3.8, 4) is 11.5 Å². The molecule has 0 bridgehead atoms. The van der Waals surface area contributed by atoms with Crippen LogP contribution in [0.3, 0.4) is 0 Å². The number of anilines is 1. The van der Waals surface area contributed by atoms with Crippen molar-refractivity contribution in [2.24, 2.45) is 0 Å². The van der Waals surface area contributed by atoms with E-state index in [2.05, 4.69) is 15.9 Å². The molecule has 162 valence electrons. The van der Waals surface area contributed by atoms with Gasteiger partial charge in [0.15, 0.2) is 0 Å². The van der Waals surface area contributed by atoms with Gasteiger partial charge in [-0.25, -0.2) is 0 Å². The third-order valence-electron chi connectivity index (χ3n) is 5.33. The fourth-order valence-corrected chi connectivity index (χ4v) is 4.05. The lowest BCUT2D eigenvalue weighted by Gasteiger charge is -2.27. The average molecular weight is 494 g/mol. The highest BCUT2D eigenvalue weighted by Gasteiger charge is 2.48. The topological polar surface area (TPSA) is 76.1 Å². The van der Waals surface area contributed by atoms with Gasteiger partial charge in [0.2, 0.25) is 0 Å². The molecule has 1 amide bonds. The molecule has 3 aromatic rings. The van der Waals surface area contributed by atoms with Crippen molar-refractivity contribution in [3.63, 3.8) is 0 Å². The molecule has 1 N–H and O–H groups in total. The smallest absolute Gasteiger partial charge is 0.300 e. The third-order valence-corrected chi connectivity index (χ3v) is 5.86. The van der Waals surface area contributed by atoms with Crippen LogP contribution < -0.4 is 14.4 Å². The van der Waals surface area contributed by atoms with Crippen molar-refractivity contribution >= 4 is 39.1 Å². The van der Waals surface area contributed by atoms with Gasteiger partial charge in [0.1, 0.15) is 17.3 Å². The number of ketones is 1. The molecule has 0 spiro atoms. The van der Waals surface area contributed by atoms with Crippen molar-refractivity contribution in [1.29, 1.82) is 0 Å². The predicted molar refractivity (Wildman–Crippen MR) is 125 cm³/mol. The molecule has 7 heteroatoms. The molecule has 0 aliphatic carbocycles. The number of carbonyl (C=O) groups excluding carboxylic acids is 2. The van der Waals surface area contributed by atoms with Gasteiger partial charge >= 0.3 is 0 Å². The highest BCUT2D eigenvalue weighted by atomic mass is 79.9. The van der Waals surface area contributed by atoms with Crippen LogP contribution in [0, 0.1) is 0 Å². The molecular weight excluding hydrogens is 474 g/mol. The van der Waals surface area contributed by atoms with Crippen molar-refractivity contribution < 1.29 is 24.2 Å². The molecule has 0 radical (unpaired) electrons. The fraction of sp³-hybridized carbons (Fsp3) is 0.120. The van der Waals surface area contributed by atoms with Gasteiger partial charge in [0.05, 0.1) is 25.8 Å². The third kappa shape index (κ3) is 3.76. The molecule has 32 heavy (non-hydrogen) atoms. The van der Waals surface area contributed by atoms with Gasteiger partial charge in [-0.2, -0.15) is 0 Å². The molecule has 1 aliphatic rings. The number of ether oxygens (including phenoxy) is 2. The number of aliphatic hydroxyl groups excluding tert-OH is 1. The van der Waals surface area contributed by atoms with Crippen molar-refractivity contribution in [1.82, 2.24) is 0 Å². The molecule has 4 rings (SSSR count). The summed E-state index contributed by atoms with van der Waals surface area (Å²) in [4.78, 5) is 27.8. The Hall–Kier alpha value is -3.58. The van der Waals surface area contributed by atoms with Gasteiger partial charge < -0.3 is 14.6 Å². The van der Waals surface area contributed by atoms with E-state index in [4.69, 9.17) is 9.47 Å². The van der Waals surface area contributed by atoms with Crippen LogP contribution in [0.15, 0.2) is 82.8 Å². The minimum atomic E-state index is -0.891. The highest BCUT2D eigenvalue weighted by Crippen LogP contribution is 2.45. The average Bonchev–Trinajstić information content (AvgIpc) is 3.09. The summed E-state index contributed by atoms with van der Waals surface area (Å²) in [6.07, 6.45) is 0. The summed E-state index contributed by atoms with van der Waals surface area (Å²) in [5.41, 5.74) is 1.50. The van der Waals surface area contributed by atoms with E-state index >= 15 is 0 Å². The Kier molecular flexibility index (Phi) is 6.01. The number of hydrogen-bond acceptors (Lipinski definition) is 5. The first-order valence-electron chi connectivity index (χ1n) is 9.80. The number of halogens is 1. The summed E-state index contributed by atoms with van der Waals surface area (Å²) >= 11 is 3.39. The lowest BCUT2D eigenvalue weighted by molar-refractivity contribution is -0.132. The second kappa shape index (κ2) is 8.88. The fourth-order valence-electron chi connectivity index (χ4n) is 3.79. The highest BCUT2D eigenvalue weighted by molar-refractivity contribution is 9.10. The predicted octanol–water partition coefficient (Wildman–Crippen LogP) is 5.09. The van der Waals surface area contributed by atoms with E-state index in [0.717, 1.165) is 4.47 Å². The number of Topliss-reactive ketones (excluding diaryl/α,β-unsaturated/α-hetero) is 1. The molecular formula is C25H20BrNO5. The maximum atomic E-state index is 13.2. The summed E-state index contributed by atoms with van der Waals surface area (Å²) in [5.74, 6) is -0.747. The number of hydrogen-bond donors (Lipinski definition) is 1. The number of carbonyl (C=O) groups is 2. The summed E-state index contributed by atoms with van der Waals surface area (Å²) < 4.78 is 11.7. The molecule has 0 aromatic heterocycles. The normalized spacial score (nSPS) is 17.5. The van der Waals surface area contributed by atoms with Crippen LogP contribution in [-0.4, -0.2) is 31.0 Å². The van der Waals surface area contributed by atoms with E-state index in [9.17, 15) is 14.7 Å². The van der Waals surface area contributed by atoms with Gasteiger partial charge in [-0.3, -0.25) is 14.5 Å². The number of aliphatic hydroxyl groups is 1. The molecule has 6 nitrogen and oxygen atoms in total. The van der Waals surface area contributed by atoms with E-state index in [1.54, 1.807) is 72.8 Å². The Morgan fingerprint density at radius 2 is 1.62 bits per heavy atom. The molecule has 1 atom stereocenters. The van der Waals surface area contributed by atoms with Crippen LogP contribution in [0.5, 0.6) is 11.5 Å². The van der Waals surface area contributed by atoms with Crippen LogP contribution in [0.1, 0.15) is 17.2 Å². The molecule has 1 fully saturated rings. The van der Waals surface area contributed by atoms with Crippen LogP contribution in [0.4, 0.5) is 5.69 Å². The molecule has 1 aliphatic heterocycles. The lowest BCUT2D eigenvalue weighted by atomic mass is 9.94. The monoisotopic (exact) mass is 493 g/mol. The van der Waals surface area contributed by atoms with E-state index in [0.29, 0.717) is 28.3 Å². The van der Waals surface area contributed by atoms with Gasteiger partial charge in [0.25, 0.3) is 11.7 Å². The molecule has 0 saturated carbocycles. The lowest BCUT2D eigenvalue weighted by Crippen LogP contribution is -2.29. The SMILES string of the molecule is COc1ccc([C@H]2C(=C(O)c3ccccc3)C(=O)C(=O)N2c2ccc(Br)cc2)c(OC)c1. The van der Waals surface area contributed by atoms with E-state index in [1.165, 1.54) is 19.1 Å². The second-order valence-corrected chi connectivity index (χ2v) is 8.04. The number of rotatable bonds is 5. The van der Waals surface area contributed by atoms with Gasteiger partial charge in [-0.05, 0) is 36.4 Å². The zero-order valence-electron chi connectivity index (χ0n) is 17.4. The zero-order chi connectivity index (χ0) is 22.8. The Morgan fingerprint density at radius 3 is 2.25 bits per heavy atom. The minimum Gasteiger partial charge on any atom is -0.507 e. The maximum Gasteiger partial charge on any atom is 0.300 e. The van der Waals surface area contributed by atoms with Crippen LogP contribution in [0.25, 0.3) is 5.76 Å². The number of amides is 1. The number of methoxy groups -OCH3 is 2. The van der Waals surface area contributed by atoms with Crippen LogP contribution >= 0.6 is 15.9 Å². The molecule has 0 unspecified atom stereocenters. The Bertz CT molecular complexity index is 1200. The first-order valence-corrected chi connectivity index (χ1v) is 10.6. The maximum absolute atomic E-state index is 13.2. The van der Waals surface area contributed by atoms with Gasteiger partial charge in [-0.1, -0.05) is 46.3 Å². The van der Waals surface area contributed by atoms with Crippen molar-refractivity contribution in [2.45, 2.75) is 6.04 Å². The minimum absolute atomic E-state index is 0.00687. The molecule has 3 aromatic carbocycles. The molecule has 1 saturated heterocycles. The first kappa shape index (κ1) is 21.6. The molecule has 1 heterocycles. The summed E-state index contributed by atoms with van der Waals surface area (Å²) in [5, 5.41) is 11.1. The summed E-state index contributed by atoms with van der Waals surface area (Å²) in [6.45, 7) is 0. The van der Waals surface area contributed by atoms with Crippen LogP contribution in [-0.2, 0) is 9.59 Å². The largest absolute Gasteiger partial charge is 0.507 e. The van der Waals surface area contributed by atoms with Crippen LogP contribution in [0.2, 0.25) is 0 Å². The van der Waals surface area contributed by atoms with Gasteiger partial charge in [0, 0.05) is 27.4 Å². The van der Waals surface area contributed by atoms with Crippen molar-refractivity contribution in [2.75, 3.05) is 19.1 Å². The quantitative estimate of drug-likeness (QED) is 0.304. The Morgan fingerprint density at radius 1 is 0.938 bits per heavy atom. The van der Waals surface area contributed by atoms with Gasteiger partial charge in [-0.15, -0.1) is 0 Å². The van der Waals surface area contributed by atoms with E-state index in [1.807, 2.05) is 0 Å². The summed E-state index contributed by atoms with van der Waals surface area (Å²) in [6, 6.07) is 20.0. The summed E-state index contributed by atoms with van der Waals surface area (Å²) in [7, 11) is 3.04. The Balaban J connectivity index is 1.99. The van der Waals surface area contributed by atoms with E-state index in [-0.39, 0.29) is 11.3 Å². The standard InChI is InChI=1S/C25H20BrNO5/c1-31-18-12-13-19(20(14-18)32-2)22-21(23(28)15-6-4-3-5-7-15)24(29)25(30)27(22)17-10-8-16(26)9-11-17/h3-14,22,28H,1-2H3/t22-/m0/s1.